The van der Waals surface area contributed by atoms with Crippen LogP contribution in [0.3, 0.4) is 0 Å². The third kappa shape index (κ3) is 4.54. The van der Waals surface area contributed by atoms with Crippen molar-refractivity contribution < 1.29 is 14.6 Å². The molecule has 2 saturated heterocycles. The van der Waals surface area contributed by atoms with Crippen molar-refractivity contribution in [3.05, 3.63) is 35.9 Å². The normalized spacial score (nSPS) is 25.3. The van der Waals surface area contributed by atoms with E-state index in [4.69, 9.17) is 9.47 Å². The second-order valence-electron chi connectivity index (χ2n) is 6.60. The van der Waals surface area contributed by atoms with E-state index in [9.17, 15) is 5.11 Å². The van der Waals surface area contributed by atoms with Crippen LogP contribution in [0.15, 0.2) is 30.3 Å². The minimum absolute atomic E-state index is 0.0307. The van der Waals surface area contributed by atoms with Crippen LogP contribution in [0.5, 0.6) is 0 Å². The topological polar surface area (TPSA) is 41.9 Å². The maximum Gasteiger partial charge on any atom is 0.157 e. The van der Waals surface area contributed by atoms with Gasteiger partial charge in [0.1, 0.15) is 0 Å². The Kier molecular flexibility index (Phi) is 6.46. The minimum atomic E-state index is -0.0307. The van der Waals surface area contributed by atoms with Crippen molar-refractivity contribution in [2.24, 2.45) is 0 Å². The summed E-state index contributed by atoms with van der Waals surface area (Å²) in [6, 6.07) is 11.0. The molecule has 3 rings (SSSR count). The molecule has 128 valence electrons. The fourth-order valence-electron chi connectivity index (χ4n) is 3.85. The Bertz CT molecular complexity index is 447. The van der Waals surface area contributed by atoms with Gasteiger partial charge in [-0.05, 0) is 44.2 Å². The Hall–Kier alpha value is -0.940. The van der Waals surface area contributed by atoms with E-state index in [1.54, 1.807) is 0 Å². The van der Waals surface area contributed by atoms with Crippen molar-refractivity contribution in [3.8, 4) is 0 Å². The van der Waals surface area contributed by atoms with Gasteiger partial charge in [-0.25, -0.2) is 0 Å². The third-order valence-electron chi connectivity index (χ3n) is 5.06. The molecule has 0 radical (unpaired) electrons. The molecule has 0 bridgehead atoms. The summed E-state index contributed by atoms with van der Waals surface area (Å²) in [5.41, 5.74) is 1.21. The zero-order valence-electron chi connectivity index (χ0n) is 13.9. The SMILES string of the molecule is OC[C@H](c1ccccc1)N1CCCC[C@@H]1CCC1OCCCO1. The summed E-state index contributed by atoms with van der Waals surface area (Å²) in [5.74, 6) is 0. The number of rotatable bonds is 6. The summed E-state index contributed by atoms with van der Waals surface area (Å²) in [4.78, 5) is 2.50. The van der Waals surface area contributed by atoms with E-state index in [0.717, 1.165) is 39.0 Å². The number of nitrogens with zero attached hydrogens (tertiary/aromatic N) is 1. The fourth-order valence-corrected chi connectivity index (χ4v) is 3.85. The van der Waals surface area contributed by atoms with Crippen molar-refractivity contribution in [3.63, 3.8) is 0 Å². The monoisotopic (exact) mass is 319 g/mol. The van der Waals surface area contributed by atoms with E-state index in [-0.39, 0.29) is 18.9 Å². The van der Waals surface area contributed by atoms with Crippen LogP contribution in [0.2, 0.25) is 0 Å². The molecule has 0 aromatic heterocycles. The van der Waals surface area contributed by atoms with Crippen molar-refractivity contribution in [2.45, 2.75) is 56.9 Å². The van der Waals surface area contributed by atoms with Gasteiger partial charge >= 0.3 is 0 Å². The van der Waals surface area contributed by atoms with Crippen LogP contribution < -0.4 is 0 Å². The van der Waals surface area contributed by atoms with Crippen LogP contribution in [-0.2, 0) is 9.47 Å². The molecule has 2 fully saturated rings. The number of ether oxygens (including phenoxy) is 2. The van der Waals surface area contributed by atoms with E-state index in [1.165, 1.54) is 24.8 Å². The van der Waals surface area contributed by atoms with Gasteiger partial charge in [0.2, 0.25) is 0 Å². The Balaban J connectivity index is 1.62. The predicted octanol–water partition coefficient (Wildman–Crippen LogP) is 3.12. The molecular formula is C19H29NO3. The molecule has 23 heavy (non-hydrogen) atoms. The largest absolute Gasteiger partial charge is 0.394 e. The number of hydrogen-bond acceptors (Lipinski definition) is 4. The minimum Gasteiger partial charge on any atom is -0.394 e. The molecule has 1 N–H and O–H groups in total. The first-order valence-electron chi connectivity index (χ1n) is 9.03. The van der Waals surface area contributed by atoms with Crippen LogP contribution in [0.25, 0.3) is 0 Å². The second-order valence-corrected chi connectivity index (χ2v) is 6.60. The smallest absolute Gasteiger partial charge is 0.157 e. The average Bonchev–Trinajstić information content (AvgIpc) is 2.63. The van der Waals surface area contributed by atoms with E-state index < -0.39 is 0 Å². The molecular weight excluding hydrogens is 290 g/mol. The van der Waals surface area contributed by atoms with Crippen molar-refractivity contribution in [2.75, 3.05) is 26.4 Å². The Morgan fingerprint density at radius 3 is 2.57 bits per heavy atom. The molecule has 2 heterocycles. The molecule has 0 saturated carbocycles. The highest BCUT2D eigenvalue weighted by Crippen LogP contribution is 2.31. The molecule has 0 amide bonds. The van der Waals surface area contributed by atoms with E-state index in [2.05, 4.69) is 29.2 Å². The first-order valence-corrected chi connectivity index (χ1v) is 9.03. The van der Waals surface area contributed by atoms with E-state index in [0.29, 0.717) is 6.04 Å². The highest BCUT2D eigenvalue weighted by molar-refractivity contribution is 5.19. The van der Waals surface area contributed by atoms with Crippen LogP contribution in [0, 0.1) is 0 Å². The number of aliphatic hydroxyl groups excluding tert-OH is 1. The molecule has 0 unspecified atom stereocenters. The van der Waals surface area contributed by atoms with Gasteiger partial charge in [0.05, 0.1) is 25.9 Å². The lowest BCUT2D eigenvalue weighted by atomic mass is 9.93. The summed E-state index contributed by atoms with van der Waals surface area (Å²) in [5, 5.41) is 9.98. The van der Waals surface area contributed by atoms with Crippen LogP contribution >= 0.6 is 0 Å². The van der Waals surface area contributed by atoms with Gasteiger partial charge in [0, 0.05) is 6.04 Å². The molecule has 4 heteroatoms. The number of hydrogen-bond donors (Lipinski definition) is 1. The Morgan fingerprint density at radius 2 is 1.83 bits per heavy atom. The second kappa shape index (κ2) is 8.78. The molecule has 2 aliphatic heterocycles. The lowest BCUT2D eigenvalue weighted by Gasteiger charge is -2.41. The van der Waals surface area contributed by atoms with Crippen molar-refractivity contribution in [1.82, 2.24) is 4.90 Å². The molecule has 1 aromatic carbocycles. The summed E-state index contributed by atoms with van der Waals surface area (Å²) in [7, 11) is 0. The zero-order chi connectivity index (χ0) is 15.9. The summed E-state index contributed by atoms with van der Waals surface area (Å²) in [6.45, 7) is 2.89. The van der Waals surface area contributed by atoms with Crippen LogP contribution in [-0.4, -0.2) is 48.7 Å². The average molecular weight is 319 g/mol. The van der Waals surface area contributed by atoms with Gasteiger partial charge in [-0.1, -0.05) is 36.8 Å². The van der Waals surface area contributed by atoms with Crippen LogP contribution in [0.4, 0.5) is 0 Å². The quantitative estimate of drug-likeness (QED) is 0.875. The lowest BCUT2D eigenvalue weighted by Crippen LogP contribution is -2.44. The fraction of sp³-hybridized carbons (Fsp3) is 0.684. The standard InChI is InChI=1S/C19H29NO3/c21-15-18(16-7-2-1-3-8-16)20-12-5-4-9-17(20)10-11-19-22-13-6-14-23-19/h1-3,7-8,17-19,21H,4-6,9-15H2/t17-,18-/m1/s1. The van der Waals surface area contributed by atoms with Crippen molar-refractivity contribution >= 4 is 0 Å². The zero-order valence-corrected chi connectivity index (χ0v) is 13.9. The Labute approximate surface area is 139 Å². The first kappa shape index (κ1) is 16.9. The maximum atomic E-state index is 9.98. The number of benzene rings is 1. The van der Waals surface area contributed by atoms with Gasteiger partial charge in [0.15, 0.2) is 6.29 Å². The highest BCUT2D eigenvalue weighted by atomic mass is 16.7. The number of piperidine rings is 1. The van der Waals surface area contributed by atoms with Crippen molar-refractivity contribution in [1.29, 1.82) is 0 Å². The van der Waals surface area contributed by atoms with E-state index in [1.807, 2.05) is 6.07 Å². The summed E-state index contributed by atoms with van der Waals surface area (Å²) in [6.07, 6.45) is 6.71. The molecule has 4 nitrogen and oxygen atoms in total. The van der Waals surface area contributed by atoms with Gasteiger partial charge in [-0.3, -0.25) is 4.90 Å². The van der Waals surface area contributed by atoms with Gasteiger partial charge in [0.25, 0.3) is 0 Å². The molecule has 0 aliphatic carbocycles. The summed E-state index contributed by atoms with van der Waals surface area (Å²) < 4.78 is 11.4. The molecule has 2 aliphatic rings. The maximum absolute atomic E-state index is 9.98. The predicted molar refractivity (Wildman–Crippen MR) is 90.2 cm³/mol. The lowest BCUT2D eigenvalue weighted by molar-refractivity contribution is -0.183. The number of aliphatic hydroxyl groups is 1. The molecule has 1 aromatic rings. The third-order valence-corrected chi connectivity index (χ3v) is 5.06. The first-order chi connectivity index (χ1) is 11.4. The van der Waals surface area contributed by atoms with E-state index >= 15 is 0 Å². The molecule has 2 atom stereocenters. The van der Waals surface area contributed by atoms with Crippen LogP contribution in [0.1, 0.15) is 50.1 Å². The highest BCUT2D eigenvalue weighted by Gasteiger charge is 2.30. The van der Waals surface area contributed by atoms with Gasteiger partial charge in [-0.15, -0.1) is 0 Å². The number of likely N-dealkylation sites (tertiary alicyclic amines) is 1. The van der Waals surface area contributed by atoms with Gasteiger partial charge < -0.3 is 14.6 Å². The Morgan fingerprint density at radius 1 is 1.04 bits per heavy atom. The van der Waals surface area contributed by atoms with Gasteiger partial charge in [-0.2, -0.15) is 0 Å². The molecule has 0 spiro atoms. The summed E-state index contributed by atoms with van der Waals surface area (Å²) >= 11 is 0.